The molecule has 2 saturated heterocycles. The van der Waals surface area contributed by atoms with Crippen molar-refractivity contribution in [1.82, 2.24) is 19.4 Å². The number of hydrogen-bond acceptors (Lipinski definition) is 12. The summed E-state index contributed by atoms with van der Waals surface area (Å²) in [5.74, 6) is -0.633. The molecule has 8 rings (SSSR count). The van der Waals surface area contributed by atoms with Gasteiger partial charge in [-0.15, -0.1) is 11.8 Å². The number of carbonyl (C=O) groups excluding carboxylic acids is 1. The molecule has 2 fully saturated rings. The first-order valence-corrected chi connectivity index (χ1v) is 29.0. The van der Waals surface area contributed by atoms with E-state index < -0.39 is 47.1 Å². The van der Waals surface area contributed by atoms with E-state index in [1.165, 1.54) is 34.5 Å². The van der Waals surface area contributed by atoms with Crippen LogP contribution < -0.4 is 19.8 Å². The fraction of sp³-hybridized carbons (Fsp3) is 0.491. The van der Waals surface area contributed by atoms with Crippen LogP contribution in [0.4, 0.5) is 30.2 Å². The lowest BCUT2D eigenvalue weighted by Crippen LogP contribution is -2.59. The molecule has 0 spiro atoms. The zero-order chi connectivity index (χ0) is 51.8. The molecule has 4 aromatic carbocycles. The number of alkyl halides is 3. The van der Waals surface area contributed by atoms with Crippen molar-refractivity contribution in [2.45, 2.75) is 98.1 Å². The van der Waals surface area contributed by atoms with E-state index in [0.717, 1.165) is 100 Å². The van der Waals surface area contributed by atoms with E-state index in [4.69, 9.17) is 11.6 Å². The Hall–Kier alpha value is -4.30. The number of nitrogens with zero attached hydrogens (tertiary/aromatic N) is 5. The van der Waals surface area contributed by atoms with Gasteiger partial charge in [-0.3, -0.25) is 14.6 Å². The Morgan fingerprint density at radius 3 is 2.22 bits per heavy atom. The molecule has 4 aliphatic rings. The van der Waals surface area contributed by atoms with Crippen LogP contribution in [0.15, 0.2) is 111 Å². The van der Waals surface area contributed by atoms with Crippen molar-refractivity contribution >= 4 is 71.8 Å². The number of thioether (sulfide) groups is 1. The molecule has 72 heavy (non-hydrogen) atoms. The van der Waals surface area contributed by atoms with Gasteiger partial charge in [0.15, 0.2) is 0 Å². The Kier molecular flexibility index (Phi) is 16.1. The normalized spacial score (nSPS) is 19.9. The maximum absolute atomic E-state index is 14.4. The number of nitrogens with one attached hydrogen (secondary N) is 2. The quantitative estimate of drug-likeness (QED) is 0.110. The van der Waals surface area contributed by atoms with Gasteiger partial charge < -0.3 is 20.0 Å². The van der Waals surface area contributed by atoms with Crippen LogP contribution in [0.25, 0.3) is 5.57 Å². The highest BCUT2D eigenvalue weighted by atomic mass is 35.5. The van der Waals surface area contributed by atoms with E-state index in [9.17, 15) is 34.8 Å². The highest BCUT2D eigenvalue weighted by Gasteiger charge is 2.49. The molecule has 2 N–H and O–H groups in total. The summed E-state index contributed by atoms with van der Waals surface area (Å²) in [4.78, 5) is 24.2. The minimum atomic E-state index is -6.08. The van der Waals surface area contributed by atoms with Crippen LogP contribution in [-0.2, 0) is 19.9 Å². The number of rotatable bonds is 15. The van der Waals surface area contributed by atoms with Gasteiger partial charge >= 0.3 is 5.51 Å². The molecule has 390 valence electrons. The number of halogens is 4. The van der Waals surface area contributed by atoms with Gasteiger partial charge in [0, 0.05) is 105 Å². The minimum absolute atomic E-state index is 0.0160. The van der Waals surface area contributed by atoms with E-state index in [1.807, 2.05) is 59.1 Å². The molecule has 0 saturated carbocycles. The van der Waals surface area contributed by atoms with E-state index in [1.54, 1.807) is 12.1 Å². The van der Waals surface area contributed by atoms with Gasteiger partial charge in [-0.25, -0.2) is 21.6 Å². The number of anilines is 3. The van der Waals surface area contributed by atoms with E-state index in [0.29, 0.717) is 36.4 Å². The topological polar surface area (TPSA) is 126 Å². The summed E-state index contributed by atoms with van der Waals surface area (Å²) >= 11 is 7.71. The number of piperazine rings is 2. The van der Waals surface area contributed by atoms with Crippen LogP contribution in [0.3, 0.4) is 0 Å². The first-order valence-electron chi connectivity index (χ1n) is 24.6. The Balaban J connectivity index is 0.974. The lowest BCUT2D eigenvalue weighted by atomic mass is 9.72. The SMILES string of the molecule is CN1CC2CN(CC3=C(c4ccc(Cl)cc4)CCC(C)(C)C3)CCN2c2ccc(C(=O)NS(=O)(=O)c3ccc(NC(CCN4CCN(C(C)(C)C)CC4)CSc4ccccc4)c(S(=O)(=O)C(F)(F)F)c3)cc21. The summed E-state index contributed by atoms with van der Waals surface area (Å²) in [5, 5.41) is 3.78. The fourth-order valence-electron chi connectivity index (χ4n) is 10.5. The van der Waals surface area contributed by atoms with Crippen molar-refractivity contribution < 1.29 is 34.8 Å². The summed E-state index contributed by atoms with van der Waals surface area (Å²) in [6, 6.07) is 24.7. The third kappa shape index (κ3) is 12.6. The summed E-state index contributed by atoms with van der Waals surface area (Å²) in [5.41, 5.74) is -0.188. The van der Waals surface area contributed by atoms with Crippen molar-refractivity contribution in [3.63, 3.8) is 0 Å². The van der Waals surface area contributed by atoms with Crippen LogP contribution in [0.2, 0.25) is 5.02 Å². The average molecular weight is 1070 g/mol. The van der Waals surface area contributed by atoms with E-state index in [-0.39, 0.29) is 28.2 Å². The second-order valence-corrected chi connectivity index (χ2v) is 26.5. The molecule has 1 aliphatic carbocycles. The Morgan fingerprint density at radius 2 is 1.54 bits per heavy atom. The van der Waals surface area contributed by atoms with Crippen molar-refractivity contribution in [2.24, 2.45) is 5.41 Å². The number of likely N-dealkylation sites (N-methyl/N-ethyl adjacent to an activating group) is 1. The number of carbonyl (C=O) groups is 1. The molecule has 2 unspecified atom stereocenters. The lowest BCUT2D eigenvalue weighted by Gasteiger charge is -2.49. The first-order chi connectivity index (χ1) is 33.9. The first kappa shape index (κ1) is 54.0. The maximum Gasteiger partial charge on any atom is 0.501 e. The fourth-order valence-corrected chi connectivity index (χ4v) is 13.6. The van der Waals surface area contributed by atoms with Crippen molar-refractivity contribution in [2.75, 3.05) is 93.4 Å². The maximum atomic E-state index is 14.4. The molecule has 3 heterocycles. The van der Waals surface area contributed by atoms with E-state index >= 15 is 0 Å². The molecule has 1 amide bonds. The van der Waals surface area contributed by atoms with Crippen molar-refractivity contribution in [1.29, 1.82) is 0 Å². The number of sulfonamides is 1. The molecule has 3 aliphatic heterocycles. The predicted molar refractivity (Wildman–Crippen MR) is 285 cm³/mol. The molecule has 19 heteroatoms. The van der Waals surface area contributed by atoms with Gasteiger partial charge in [-0.1, -0.05) is 61.4 Å². The van der Waals surface area contributed by atoms with Gasteiger partial charge in [0.25, 0.3) is 25.8 Å². The number of allylic oxidation sites excluding steroid dienone is 1. The van der Waals surface area contributed by atoms with Gasteiger partial charge in [0.2, 0.25) is 0 Å². The molecular weight excluding hydrogens is 1000 g/mol. The summed E-state index contributed by atoms with van der Waals surface area (Å²) < 4.78 is 99.5. The molecule has 0 bridgehead atoms. The number of sulfone groups is 1. The summed E-state index contributed by atoms with van der Waals surface area (Å²) in [6.07, 6.45) is 3.61. The van der Waals surface area contributed by atoms with Crippen LogP contribution in [0.5, 0.6) is 0 Å². The Morgan fingerprint density at radius 1 is 0.847 bits per heavy atom. The zero-order valence-electron chi connectivity index (χ0n) is 41.9. The lowest BCUT2D eigenvalue weighted by molar-refractivity contribution is -0.0435. The number of hydrogen-bond donors (Lipinski definition) is 2. The summed E-state index contributed by atoms with van der Waals surface area (Å²) in [6.45, 7) is 19.0. The average Bonchev–Trinajstić information content (AvgIpc) is 3.32. The standard InChI is InChI=1S/C53H67ClF3N7O5S3/c1-51(2,3)63-27-24-61(25-28-63)23-21-41(36-70-43-10-8-7-9-11-43)58-46-18-17-44(31-49(46)71(66,67)53(55,56)57)72(68,69)59-50(65)38-14-19-47-48(30-38)60(6)34-42-35-62(26-29-64(42)47)33-39-32-52(4,5)22-20-45(39)37-12-15-40(54)16-13-37/h7-19,30-31,41-42,58H,20-29,32-36H2,1-6H3,(H,59,65). The van der Waals surface area contributed by atoms with Gasteiger partial charge in [0.1, 0.15) is 4.90 Å². The van der Waals surface area contributed by atoms with Crippen molar-refractivity contribution in [3.8, 4) is 0 Å². The second-order valence-electron chi connectivity index (χ2n) is 21.4. The van der Waals surface area contributed by atoms with Gasteiger partial charge in [-0.2, -0.15) is 13.2 Å². The summed E-state index contributed by atoms with van der Waals surface area (Å²) in [7, 11) is -9.04. The monoisotopic (exact) mass is 1070 g/mol. The van der Waals surface area contributed by atoms with Crippen LogP contribution in [0, 0.1) is 5.41 Å². The number of benzene rings is 4. The van der Waals surface area contributed by atoms with Crippen LogP contribution >= 0.6 is 23.4 Å². The molecule has 2 atom stereocenters. The van der Waals surface area contributed by atoms with Crippen molar-refractivity contribution in [3.05, 3.63) is 113 Å². The largest absolute Gasteiger partial charge is 0.501 e. The molecule has 0 radical (unpaired) electrons. The predicted octanol–water partition coefficient (Wildman–Crippen LogP) is 9.74. The Bertz CT molecular complexity index is 2860. The Labute approximate surface area is 433 Å². The molecule has 4 aromatic rings. The number of amides is 1. The number of fused-ring (bicyclic) bond motifs is 3. The second kappa shape index (κ2) is 21.5. The third-order valence-electron chi connectivity index (χ3n) is 14.5. The molecule has 0 aromatic heterocycles. The van der Waals surface area contributed by atoms with Gasteiger partial charge in [-0.05, 0) is 124 Å². The van der Waals surface area contributed by atoms with E-state index in [2.05, 4.69) is 71.7 Å². The zero-order valence-corrected chi connectivity index (χ0v) is 45.1. The highest BCUT2D eigenvalue weighted by molar-refractivity contribution is 7.99. The smallest absolute Gasteiger partial charge is 0.380 e. The molecular formula is C53H67ClF3N7O5S3. The minimum Gasteiger partial charge on any atom is -0.380 e. The van der Waals surface area contributed by atoms with Crippen LogP contribution in [0.1, 0.15) is 76.2 Å². The molecule has 12 nitrogen and oxygen atoms in total. The highest BCUT2D eigenvalue weighted by Crippen LogP contribution is 2.44. The van der Waals surface area contributed by atoms with Gasteiger partial charge in [0.05, 0.1) is 28.0 Å². The van der Waals surface area contributed by atoms with Crippen LogP contribution in [-0.4, -0.2) is 139 Å². The third-order valence-corrected chi connectivity index (χ3v) is 18.8.